The summed E-state index contributed by atoms with van der Waals surface area (Å²) < 4.78 is 15.7. The van der Waals surface area contributed by atoms with Crippen LogP contribution >= 0.6 is 0 Å². The maximum Gasteiger partial charge on any atom is 0.136 e. The molecule has 0 aliphatic heterocycles. The lowest BCUT2D eigenvalue weighted by Gasteiger charge is -2.36. The fourth-order valence-electron chi connectivity index (χ4n) is 2.68. The van der Waals surface area contributed by atoms with Crippen LogP contribution in [0.4, 0.5) is 0 Å². The van der Waals surface area contributed by atoms with Crippen molar-refractivity contribution in [2.45, 2.75) is 38.4 Å². The molecular formula is C15H28O6. The molecule has 1 aliphatic carbocycles. The third-order valence-corrected chi connectivity index (χ3v) is 3.95. The number of aliphatic hydroxyl groups is 2. The molecule has 21 heavy (non-hydrogen) atoms. The van der Waals surface area contributed by atoms with Gasteiger partial charge in [0.15, 0.2) is 0 Å². The SMILES string of the molecule is CCC(=O)C1CC(O)C(O)CC1COCCOCCOC. The minimum Gasteiger partial charge on any atom is -0.390 e. The minimum absolute atomic E-state index is 0.0326. The number of aliphatic hydroxyl groups excluding tert-OH is 2. The highest BCUT2D eigenvalue weighted by atomic mass is 16.5. The van der Waals surface area contributed by atoms with Crippen LogP contribution in [-0.2, 0) is 19.0 Å². The fourth-order valence-corrected chi connectivity index (χ4v) is 2.68. The van der Waals surface area contributed by atoms with E-state index in [2.05, 4.69) is 0 Å². The molecule has 1 aliphatic rings. The number of methoxy groups -OCH3 is 1. The van der Waals surface area contributed by atoms with E-state index in [0.29, 0.717) is 52.3 Å². The molecule has 1 fully saturated rings. The third kappa shape index (κ3) is 6.40. The molecule has 1 rings (SSSR count). The first-order valence-corrected chi connectivity index (χ1v) is 7.63. The summed E-state index contributed by atoms with van der Waals surface area (Å²) in [6, 6.07) is 0. The predicted molar refractivity (Wildman–Crippen MR) is 77.0 cm³/mol. The Morgan fingerprint density at radius 2 is 1.67 bits per heavy atom. The summed E-state index contributed by atoms with van der Waals surface area (Å²) >= 11 is 0. The van der Waals surface area contributed by atoms with E-state index in [4.69, 9.17) is 14.2 Å². The standard InChI is InChI=1S/C15H28O6/c1-3-13(16)12-9-15(18)14(17)8-11(12)10-21-7-6-20-5-4-19-2/h11-12,14-15,17-18H,3-10H2,1-2H3. The molecule has 0 radical (unpaired) electrons. The quantitative estimate of drug-likeness (QED) is 0.568. The zero-order valence-electron chi connectivity index (χ0n) is 13.0. The van der Waals surface area contributed by atoms with Crippen LogP contribution in [0.2, 0.25) is 0 Å². The van der Waals surface area contributed by atoms with Crippen LogP contribution in [0.25, 0.3) is 0 Å². The van der Waals surface area contributed by atoms with Crippen molar-refractivity contribution < 1.29 is 29.2 Å². The van der Waals surface area contributed by atoms with Gasteiger partial charge in [0.25, 0.3) is 0 Å². The average Bonchev–Trinajstić information content (AvgIpc) is 2.48. The Morgan fingerprint density at radius 1 is 1.05 bits per heavy atom. The molecule has 124 valence electrons. The van der Waals surface area contributed by atoms with E-state index < -0.39 is 12.2 Å². The van der Waals surface area contributed by atoms with E-state index in [9.17, 15) is 15.0 Å². The Labute approximate surface area is 126 Å². The van der Waals surface area contributed by atoms with Gasteiger partial charge >= 0.3 is 0 Å². The number of carbonyl (C=O) groups is 1. The normalized spacial score (nSPS) is 29.5. The topological polar surface area (TPSA) is 85.2 Å². The number of ketones is 1. The number of hydrogen-bond donors (Lipinski definition) is 2. The summed E-state index contributed by atoms with van der Waals surface area (Å²) in [5, 5.41) is 19.5. The Bertz CT molecular complexity index is 296. The van der Waals surface area contributed by atoms with Gasteiger partial charge in [0.1, 0.15) is 5.78 Å². The number of hydrogen-bond acceptors (Lipinski definition) is 6. The van der Waals surface area contributed by atoms with Gasteiger partial charge < -0.3 is 24.4 Å². The highest BCUT2D eigenvalue weighted by molar-refractivity contribution is 5.81. The zero-order valence-corrected chi connectivity index (χ0v) is 13.0. The highest BCUT2D eigenvalue weighted by Gasteiger charge is 2.38. The number of carbonyl (C=O) groups excluding carboxylic acids is 1. The molecular weight excluding hydrogens is 276 g/mol. The molecule has 0 spiro atoms. The molecule has 0 bridgehead atoms. The lowest BCUT2D eigenvalue weighted by Crippen LogP contribution is -2.43. The van der Waals surface area contributed by atoms with E-state index in [1.54, 1.807) is 7.11 Å². The molecule has 0 aromatic heterocycles. The molecule has 0 saturated heterocycles. The van der Waals surface area contributed by atoms with Crippen LogP contribution < -0.4 is 0 Å². The Morgan fingerprint density at radius 3 is 2.33 bits per heavy atom. The Kier molecular flexibility index (Phi) is 9.03. The van der Waals surface area contributed by atoms with E-state index in [0.717, 1.165) is 0 Å². The molecule has 1 saturated carbocycles. The van der Waals surface area contributed by atoms with E-state index in [1.807, 2.05) is 6.92 Å². The van der Waals surface area contributed by atoms with E-state index in [-0.39, 0.29) is 17.6 Å². The minimum atomic E-state index is -0.806. The first kappa shape index (κ1) is 18.5. The second-order valence-corrected chi connectivity index (χ2v) is 5.47. The van der Waals surface area contributed by atoms with Gasteiger partial charge in [-0.2, -0.15) is 0 Å². The molecule has 2 N–H and O–H groups in total. The summed E-state index contributed by atoms with van der Waals surface area (Å²) in [7, 11) is 1.62. The molecule has 4 atom stereocenters. The van der Waals surface area contributed by atoms with Crippen molar-refractivity contribution >= 4 is 5.78 Å². The van der Waals surface area contributed by atoms with Gasteiger partial charge in [0, 0.05) is 19.4 Å². The Balaban J connectivity index is 2.30. The largest absolute Gasteiger partial charge is 0.390 e. The Hall–Kier alpha value is -0.530. The van der Waals surface area contributed by atoms with Crippen molar-refractivity contribution in [1.82, 2.24) is 0 Å². The first-order valence-electron chi connectivity index (χ1n) is 7.63. The lowest BCUT2D eigenvalue weighted by atomic mass is 9.74. The monoisotopic (exact) mass is 304 g/mol. The number of Topliss-reactive ketones (excluding diaryl/α,β-unsaturated/α-hetero) is 1. The van der Waals surface area contributed by atoms with Gasteiger partial charge in [0.2, 0.25) is 0 Å². The predicted octanol–water partition coefficient (Wildman–Crippen LogP) is 0.393. The number of rotatable bonds is 10. The van der Waals surface area contributed by atoms with Crippen LogP contribution in [0, 0.1) is 11.8 Å². The summed E-state index contributed by atoms with van der Waals surface area (Å²) in [5.74, 6) is -0.122. The first-order chi connectivity index (χ1) is 10.1. The zero-order chi connectivity index (χ0) is 15.7. The molecule has 0 aromatic rings. The van der Waals surface area contributed by atoms with Gasteiger partial charge in [-0.1, -0.05) is 6.92 Å². The summed E-state index contributed by atoms with van der Waals surface area (Å²) in [5.41, 5.74) is 0. The van der Waals surface area contributed by atoms with Gasteiger partial charge in [-0.05, 0) is 18.8 Å². The summed E-state index contributed by atoms with van der Waals surface area (Å²) in [4.78, 5) is 11.9. The van der Waals surface area contributed by atoms with Crippen LogP contribution in [0.15, 0.2) is 0 Å². The van der Waals surface area contributed by atoms with Crippen LogP contribution in [0.1, 0.15) is 26.2 Å². The summed E-state index contributed by atoms with van der Waals surface area (Å²) in [6.07, 6.45) is -0.394. The number of ether oxygens (including phenoxy) is 3. The van der Waals surface area contributed by atoms with Gasteiger partial charge in [-0.3, -0.25) is 4.79 Å². The maximum absolute atomic E-state index is 11.9. The van der Waals surface area contributed by atoms with E-state index >= 15 is 0 Å². The van der Waals surface area contributed by atoms with Crippen molar-refractivity contribution in [2.24, 2.45) is 11.8 Å². The molecule has 0 aromatic carbocycles. The molecule has 6 heteroatoms. The molecule has 6 nitrogen and oxygen atoms in total. The van der Waals surface area contributed by atoms with Crippen molar-refractivity contribution in [3.63, 3.8) is 0 Å². The van der Waals surface area contributed by atoms with Gasteiger partial charge in [-0.15, -0.1) is 0 Å². The fraction of sp³-hybridized carbons (Fsp3) is 0.933. The summed E-state index contributed by atoms with van der Waals surface area (Å²) in [6.45, 7) is 4.25. The van der Waals surface area contributed by atoms with Crippen LogP contribution in [-0.4, -0.2) is 68.3 Å². The second kappa shape index (κ2) is 10.2. The highest BCUT2D eigenvalue weighted by Crippen LogP contribution is 2.32. The lowest BCUT2D eigenvalue weighted by molar-refractivity contribution is -0.133. The van der Waals surface area contributed by atoms with Crippen LogP contribution in [0.3, 0.4) is 0 Å². The van der Waals surface area contributed by atoms with Crippen molar-refractivity contribution in [3.05, 3.63) is 0 Å². The maximum atomic E-state index is 11.9. The van der Waals surface area contributed by atoms with Crippen LogP contribution in [0.5, 0.6) is 0 Å². The average molecular weight is 304 g/mol. The van der Waals surface area contributed by atoms with Crippen molar-refractivity contribution in [2.75, 3.05) is 40.1 Å². The molecule has 4 unspecified atom stereocenters. The molecule has 0 heterocycles. The van der Waals surface area contributed by atoms with Crippen molar-refractivity contribution in [1.29, 1.82) is 0 Å². The second-order valence-electron chi connectivity index (χ2n) is 5.47. The van der Waals surface area contributed by atoms with Gasteiger partial charge in [-0.25, -0.2) is 0 Å². The smallest absolute Gasteiger partial charge is 0.136 e. The van der Waals surface area contributed by atoms with Gasteiger partial charge in [0.05, 0.1) is 45.2 Å². The molecule has 0 amide bonds. The van der Waals surface area contributed by atoms with Crippen molar-refractivity contribution in [3.8, 4) is 0 Å². The van der Waals surface area contributed by atoms with E-state index in [1.165, 1.54) is 0 Å². The third-order valence-electron chi connectivity index (χ3n) is 3.95.